The van der Waals surface area contributed by atoms with Gasteiger partial charge in [-0.3, -0.25) is 13.6 Å². The van der Waals surface area contributed by atoms with E-state index in [4.69, 9.17) is 30.0 Å². The molecule has 236 valence electrons. The lowest BCUT2D eigenvalue weighted by molar-refractivity contribution is -0.0448. The maximum Gasteiger partial charge on any atom is 0.406 e. The highest BCUT2D eigenvalue weighted by Crippen LogP contribution is 2.52. The molecule has 1 aliphatic carbocycles. The highest BCUT2D eigenvalue weighted by atomic mass is 31.2. The minimum absolute atomic E-state index is 0.00182. The van der Waals surface area contributed by atoms with E-state index in [2.05, 4.69) is 27.0 Å². The average molecular weight is 618 g/mol. The second kappa shape index (κ2) is 13.6. The van der Waals surface area contributed by atoms with Crippen LogP contribution in [0.5, 0.6) is 5.88 Å². The molecule has 13 nitrogen and oxygen atoms in total. The molecule has 3 heterocycles. The van der Waals surface area contributed by atoms with Crippen molar-refractivity contribution < 1.29 is 28.2 Å². The minimum atomic E-state index is -3.85. The molecule has 3 aromatic rings. The van der Waals surface area contributed by atoms with Crippen LogP contribution in [-0.4, -0.2) is 61.6 Å². The number of hydrogen-bond acceptors (Lipinski definition) is 11. The number of unbranched alkanes of at least 4 members (excludes halogenated alkanes) is 1. The van der Waals surface area contributed by atoms with Crippen LogP contribution in [0.3, 0.4) is 0 Å². The van der Waals surface area contributed by atoms with Gasteiger partial charge in [-0.05, 0) is 38.7 Å². The Bertz CT molecular complexity index is 1400. The van der Waals surface area contributed by atoms with Crippen LogP contribution >= 0.6 is 7.75 Å². The molecular weight excluding hydrogens is 573 g/mol. The summed E-state index contributed by atoms with van der Waals surface area (Å²) in [5.41, 5.74) is 13.0. The average Bonchev–Trinajstić information content (AvgIpc) is 3.70. The molecule has 6 atom stereocenters. The molecule has 2 fully saturated rings. The highest BCUT2D eigenvalue weighted by Gasteiger charge is 2.53. The van der Waals surface area contributed by atoms with E-state index in [9.17, 15) is 9.67 Å². The molecule has 0 bridgehead atoms. The van der Waals surface area contributed by atoms with E-state index in [1.807, 2.05) is 37.3 Å². The third kappa shape index (κ3) is 7.04. The summed E-state index contributed by atoms with van der Waals surface area (Å²) < 4.78 is 40.3. The fraction of sp³-hybridized carbons (Fsp3) is 0.621. The zero-order valence-electron chi connectivity index (χ0n) is 25.1. The molecule has 1 saturated carbocycles. The maximum atomic E-state index is 14.4. The first-order chi connectivity index (χ1) is 20.6. The maximum absolute atomic E-state index is 14.4. The van der Waals surface area contributed by atoms with Crippen LogP contribution in [0.1, 0.15) is 83.6 Å². The van der Waals surface area contributed by atoms with E-state index in [0.29, 0.717) is 24.2 Å². The summed E-state index contributed by atoms with van der Waals surface area (Å²) in [6.07, 6.45) is 4.51. The molecule has 0 radical (unpaired) electrons. The number of nitrogen functional groups attached to an aromatic ring is 1. The van der Waals surface area contributed by atoms with Crippen molar-refractivity contribution in [2.75, 3.05) is 18.9 Å². The smallest absolute Gasteiger partial charge is 0.406 e. The van der Waals surface area contributed by atoms with Crippen molar-refractivity contribution in [1.82, 2.24) is 24.6 Å². The number of aliphatic hydroxyl groups excluding tert-OH is 1. The number of hydrogen-bond donors (Lipinski definition) is 4. The standard InChI is InChI=1S/C29H44N7O6P/c1-4-6-16-21(19-12-8-7-9-13-19)42-43(38,35-20-14-10-11-15-20)40-17-22-24(37)29(3,31)27(41-22)36-18-32-23-25(36)33-28(30)34-26(23)39-5-2/h7-9,12-13,18,20-22,24,27,37H,4-6,10-11,14-17,31H2,1-3H3,(H,35,38)(H2,30,33,34)/t21?,22-,24-,27-,29-,43?/m1/s1. The van der Waals surface area contributed by atoms with Gasteiger partial charge in [-0.15, -0.1) is 0 Å². The predicted octanol–water partition coefficient (Wildman–Crippen LogP) is 4.39. The number of anilines is 1. The molecule has 2 aliphatic rings. The van der Waals surface area contributed by atoms with Gasteiger partial charge in [0.05, 0.1) is 31.2 Å². The SMILES string of the molecule is CCCCC(OP(=O)(NC1CCCC1)OC[C@H]1O[C@@H](n2cnc3c(OCC)nc(N)nc32)[C@](C)(N)[C@@H]1O)c1ccccc1. The van der Waals surface area contributed by atoms with E-state index < -0.39 is 37.8 Å². The monoisotopic (exact) mass is 617 g/mol. The van der Waals surface area contributed by atoms with Gasteiger partial charge in [0.25, 0.3) is 0 Å². The van der Waals surface area contributed by atoms with Crippen molar-refractivity contribution in [2.45, 2.75) is 102 Å². The number of ether oxygens (including phenoxy) is 2. The topological polar surface area (TPSA) is 182 Å². The molecule has 6 N–H and O–H groups in total. The van der Waals surface area contributed by atoms with Crippen LogP contribution in [0.25, 0.3) is 11.2 Å². The number of aromatic nitrogens is 4. The van der Waals surface area contributed by atoms with E-state index >= 15 is 0 Å². The zero-order valence-corrected chi connectivity index (χ0v) is 26.0. The van der Waals surface area contributed by atoms with E-state index in [-0.39, 0.29) is 24.5 Å². The molecule has 0 spiro atoms. The van der Waals surface area contributed by atoms with Crippen molar-refractivity contribution in [3.63, 3.8) is 0 Å². The van der Waals surface area contributed by atoms with Crippen LogP contribution < -0.4 is 21.3 Å². The van der Waals surface area contributed by atoms with Crippen molar-refractivity contribution in [2.24, 2.45) is 5.73 Å². The normalized spacial score (nSPS) is 26.6. The quantitative estimate of drug-likeness (QED) is 0.188. The summed E-state index contributed by atoms with van der Waals surface area (Å²) in [5, 5.41) is 14.5. The lowest BCUT2D eigenvalue weighted by Gasteiger charge is -2.29. The number of rotatable bonds is 14. The lowest BCUT2D eigenvalue weighted by Crippen LogP contribution is -2.52. The molecule has 5 rings (SSSR count). The predicted molar refractivity (Wildman–Crippen MR) is 162 cm³/mol. The number of nitrogens with one attached hydrogen (secondary N) is 1. The Hall–Kier alpha value is -2.64. The Morgan fingerprint density at radius 1 is 1.23 bits per heavy atom. The Labute approximate surface area is 252 Å². The second-order valence-electron chi connectivity index (χ2n) is 11.5. The van der Waals surface area contributed by atoms with Gasteiger partial charge in [0.15, 0.2) is 17.4 Å². The summed E-state index contributed by atoms with van der Waals surface area (Å²) in [7, 11) is -3.85. The molecule has 2 unspecified atom stereocenters. The van der Waals surface area contributed by atoms with Gasteiger partial charge in [0.2, 0.25) is 11.8 Å². The van der Waals surface area contributed by atoms with Crippen molar-refractivity contribution in [1.29, 1.82) is 0 Å². The van der Waals surface area contributed by atoms with Gasteiger partial charge >= 0.3 is 7.75 Å². The fourth-order valence-electron chi connectivity index (χ4n) is 5.80. The van der Waals surface area contributed by atoms with E-state index in [1.165, 1.54) is 6.33 Å². The first-order valence-electron chi connectivity index (χ1n) is 15.2. The fourth-order valence-corrected chi connectivity index (χ4v) is 7.60. The van der Waals surface area contributed by atoms with Gasteiger partial charge in [0, 0.05) is 6.04 Å². The molecule has 2 aromatic heterocycles. The number of nitrogens with two attached hydrogens (primary N) is 2. The largest absolute Gasteiger partial charge is 0.476 e. The summed E-state index contributed by atoms with van der Waals surface area (Å²) in [6, 6.07) is 9.77. The Kier molecular flexibility index (Phi) is 10.0. The first-order valence-corrected chi connectivity index (χ1v) is 16.7. The molecule has 1 aromatic carbocycles. The number of nitrogens with zero attached hydrogens (tertiary/aromatic N) is 4. The molecule has 0 amide bonds. The zero-order chi connectivity index (χ0) is 30.6. The summed E-state index contributed by atoms with van der Waals surface area (Å²) in [5.74, 6) is 0.245. The van der Waals surface area contributed by atoms with Crippen LogP contribution in [-0.2, 0) is 18.3 Å². The molecular formula is C29H44N7O6P. The van der Waals surface area contributed by atoms with Crippen LogP contribution in [0.15, 0.2) is 36.7 Å². The lowest BCUT2D eigenvalue weighted by atomic mass is 9.93. The van der Waals surface area contributed by atoms with Crippen molar-refractivity contribution in [3.8, 4) is 5.88 Å². The summed E-state index contributed by atoms with van der Waals surface area (Å²) in [6.45, 7) is 5.76. The third-order valence-electron chi connectivity index (χ3n) is 8.13. The highest BCUT2D eigenvalue weighted by molar-refractivity contribution is 7.51. The molecule has 1 aliphatic heterocycles. The van der Waals surface area contributed by atoms with Crippen LogP contribution in [0, 0.1) is 0 Å². The Morgan fingerprint density at radius 3 is 2.67 bits per heavy atom. The van der Waals surface area contributed by atoms with Crippen LogP contribution in [0.4, 0.5) is 5.95 Å². The molecule has 14 heteroatoms. The third-order valence-corrected chi connectivity index (χ3v) is 9.83. The van der Waals surface area contributed by atoms with Crippen molar-refractivity contribution >= 4 is 24.9 Å². The van der Waals surface area contributed by atoms with Crippen molar-refractivity contribution in [3.05, 3.63) is 42.2 Å². The number of benzene rings is 1. The molecule has 43 heavy (non-hydrogen) atoms. The van der Waals surface area contributed by atoms with Gasteiger partial charge < -0.3 is 26.0 Å². The van der Waals surface area contributed by atoms with Gasteiger partial charge in [-0.25, -0.2) is 14.6 Å². The number of aliphatic hydroxyl groups is 1. The van der Waals surface area contributed by atoms with E-state index in [0.717, 1.165) is 44.1 Å². The van der Waals surface area contributed by atoms with Crippen LogP contribution in [0.2, 0.25) is 0 Å². The van der Waals surface area contributed by atoms with Gasteiger partial charge in [0.1, 0.15) is 12.2 Å². The van der Waals surface area contributed by atoms with Gasteiger partial charge in [-0.1, -0.05) is 62.9 Å². The first kappa shape index (κ1) is 31.8. The molecule has 1 saturated heterocycles. The number of fused-ring (bicyclic) bond motifs is 1. The van der Waals surface area contributed by atoms with E-state index in [1.54, 1.807) is 11.5 Å². The number of imidazole rings is 1. The summed E-state index contributed by atoms with van der Waals surface area (Å²) in [4.78, 5) is 12.9. The Balaban J connectivity index is 1.37. The minimum Gasteiger partial charge on any atom is -0.476 e. The van der Waals surface area contributed by atoms with Gasteiger partial charge in [-0.2, -0.15) is 9.97 Å². The Morgan fingerprint density at radius 2 is 1.98 bits per heavy atom. The summed E-state index contributed by atoms with van der Waals surface area (Å²) >= 11 is 0. The second-order valence-corrected chi connectivity index (χ2v) is 13.3.